The molecule has 0 N–H and O–H groups in total. The molecule has 3 heteroatoms. The van der Waals surface area contributed by atoms with Crippen molar-refractivity contribution in [2.75, 3.05) is 13.2 Å². The molecule has 1 aliphatic heterocycles. The highest BCUT2D eigenvalue weighted by molar-refractivity contribution is 9.07. The zero-order valence-electron chi connectivity index (χ0n) is 3.22. The summed E-state index contributed by atoms with van der Waals surface area (Å²) in [6.45, 7) is 1.63. The number of halogens is 1. The third-order valence-electron chi connectivity index (χ3n) is 0.605. The van der Waals surface area contributed by atoms with Crippen molar-refractivity contribution >= 4 is 16.1 Å². The standard InChI is InChI=1S/C3H5BrNO/c4-5-2-1-3-6-5/h1H,2-3H2. The molecule has 0 aromatic rings. The highest BCUT2D eigenvalue weighted by atomic mass is 79.9. The van der Waals surface area contributed by atoms with Gasteiger partial charge in [-0.1, -0.05) is 0 Å². The van der Waals surface area contributed by atoms with Crippen LogP contribution in [0, 0.1) is 6.42 Å². The van der Waals surface area contributed by atoms with Crippen LogP contribution in [0.3, 0.4) is 0 Å². The minimum atomic E-state index is 0.741. The van der Waals surface area contributed by atoms with E-state index in [1.165, 1.54) is 0 Å². The molecular formula is C3H5BrNO. The van der Waals surface area contributed by atoms with E-state index in [0.717, 1.165) is 13.2 Å². The molecule has 1 radical (unpaired) electrons. The molecule has 0 aliphatic carbocycles. The van der Waals surface area contributed by atoms with E-state index in [2.05, 4.69) is 16.1 Å². The fourth-order valence-corrected chi connectivity index (χ4v) is 0.663. The largest absolute Gasteiger partial charge is 0.288 e. The van der Waals surface area contributed by atoms with Gasteiger partial charge >= 0.3 is 0 Å². The van der Waals surface area contributed by atoms with Crippen molar-refractivity contribution in [3.63, 3.8) is 0 Å². The maximum absolute atomic E-state index is 4.85. The SMILES string of the molecule is BrN1C[CH]CO1. The summed E-state index contributed by atoms with van der Waals surface area (Å²) in [5.74, 6) is 0. The number of hydrogen-bond acceptors (Lipinski definition) is 2. The molecule has 0 saturated carbocycles. The zero-order chi connectivity index (χ0) is 4.41. The topological polar surface area (TPSA) is 12.5 Å². The monoisotopic (exact) mass is 150 g/mol. The minimum Gasteiger partial charge on any atom is -0.288 e. The summed E-state index contributed by atoms with van der Waals surface area (Å²) in [6, 6.07) is 0. The molecule has 1 rings (SSSR count). The van der Waals surface area contributed by atoms with Gasteiger partial charge in [-0.25, -0.2) is 0 Å². The van der Waals surface area contributed by atoms with Gasteiger partial charge in [0.1, 0.15) is 0 Å². The van der Waals surface area contributed by atoms with Crippen molar-refractivity contribution in [3.05, 3.63) is 6.42 Å². The Morgan fingerprint density at radius 1 is 1.83 bits per heavy atom. The van der Waals surface area contributed by atoms with Gasteiger partial charge in [-0.05, 0) is 0 Å². The molecule has 1 aliphatic rings. The summed E-state index contributed by atoms with van der Waals surface area (Å²) in [5.41, 5.74) is 0. The van der Waals surface area contributed by atoms with Crippen molar-refractivity contribution in [2.45, 2.75) is 0 Å². The lowest BCUT2D eigenvalue weighted by Gasteiger charge is -1.97. The maximum atomic E-state index is 4.85. The normalized spacial score (nSPS) is 25.5. The Balaban J connectivity index is 2.18. The fraction of sp³-hybridized carbons (Fsp3) is 0.667. The van der Waals surface area contributed by atoms with Crippen LogP contribution in [0.25, 0.3) is 0 Å². The quantitative estimate of drug-likeness (QED) is 0.473. The Labute approximate surface area is 45.4 Å². The molecule has 2 nitrogen and oxygen atoms in total. The van der Waals surface area contributed by atoms with Crippen molar-refractivity contribution in [1.82, 2.24) is 4.09 Å². The Morgan fingerprint density at radius 2 is 2.67 bits per heavy atom. The van der Waals surface area contributed by atoms with E-state index >= 15 is 0 Å². The van der Waals surface area contributed by atoms with Crippen molar-refractivity contribution < 1.29 is 4.84 Å². The van der Waals surface area contributed by atoms with Crippen LogP contribution in [0.4, 0.5) is 0 Å². The fourth-order valence-electron chi connectivity index (χ4n) is 0.340. The first kappa shape index (κ1) is 4.56. The molecule has 35 valence electrons. The average Bonchev–Trinajstić information content (AvgIpc) is 1.86. The summed E-state index contributed by atoms with van der Waals surface area (Å²) < 4.78 is 1.62. The average molecular weight is 151 g/mol. The molecule has 0 aromatic heterocycles. The molecule has 0 spiro atoms. The number of nitrogens with zero attached hydrogens (tertiary/aromatic N) is 1. The number of hydroxylamine groups is 1. The number of hydrogen-bond donors (Lipinski definition) is 0. The second-order valence-electron chi connectivity index (χ2n) is 1.08. The van der Waals surface area contributed by atoms with Gasteiger partial charge in [0.15, 0.2) is 0 Å². The molecule has 1 heterocycles. The van der Waals surface area contributed by atoms with Crippen LogP contribution >= 0.6 is 16.1 Å². The predicted octanol–water partition coefficient (Wildman–Crippen LogP) is 0.748. The maximum Gasteiger partial charge on any atom is 0.0741 e. The Morgan fingerprint density at radius 3 is 2.83 bits per heavy atom. The summed E-state index contributed by atoms with van der Waals surface area (Å²) >= 11 is 3.12. The van der Waals surface area contributed by atoms with Crippen LogP contribution in [0.15, 0.2) is 0 Å². The molecule has 0 unspecified atom stereocenters. The van der Waals surface area contributed by atoms with Gasteiger partial charge in [-0.2, -0.15) is 0 Å². The Hall–Kier alpha value is 0.400. The van der Waals surface area contributed by atoms with E-state index in [4.69, 9.17) is 4.84 Å². The Bertz CT molecular complexity index is 44.1. The van der Waals surface area contributed by atoms with E-state index < -0.39 is 0 Å². The van der Waals surface area contributed by atoms with Crippen LogP contribution < -0.4 is 0 Å². The van der Waals surface area contributed by atoms with Crippen LogP contribution in [0.1, 0.15) is 0 Å². The van der Waals surface area contributed by atoms with Gasteiger partial charge in [-0.3, -0.25) is 4.84 Å². The lowest BCUT2D eigenvalue weighted by atomic mass is 10.5. The van der Waals surface area contributed by atoms with E-state index in [1.54, 1.807) is 4.09 Å². The minimum absolute atomic E-state index is 0.741. The van der Waals surface area contributed by atoms with Crippen molar-refractivity contribution in [1.29, 1.82) is 0 Å². The smallest absolute Gasteiger partial charge is 0.0741 e. The first-order valence-corrected chi connectivity index (χ1v) is 2.48. The second kappa shape index (κ2) is 1.91. The summed E-state index contributed by atoms with van der Waals surface area (Å²) in [6.07, 6.45) is 2.04. The van der Waals surface area contributed by atoms with Crippen LogP contribution in [-0.4, -0.2) is 17.2 Å². The van der Waals surface area contributed by atoms with Crippen molar-refractivity contribution in [3.8, 4) is 0 Å². The highest BCUT2D eigenvalue weighted by Crippen LogP contribution is 2.06. The van der Waals surface area contributed by atoms with Crippen molar-refractivity contribution in [2.24, 2.45) is 0 Å². The molecular weight excluding hydrogens is 146 g/mol. The molecule has 0 aromatic carbocycles. The molecule has 0 atom stereocenters. The first-order chi connectivity index (χ1) is 2.89. The van der Waals surface area contributed by atoms with E-state index in [-0.39, 0.29) is 0 Å². The van der Waals surface area contributed by atoms with Gasteiger partial charge in [0.05, 0.1) is 6.61 Å². The van der Waals surface area contributed by atoms with Gasteiger partial charge in [0, 0.05) is 29.1 Å². The first-order valence-electron chi connectivity index (χ1n) is 1.77. The highest BCUT2D eigenvalue weighted by Gasteiger charge is 2.06. The molecule has 1 fully saturated rings. The van der Waals surface area contributed by atoms with E-state index in [9.17, 15) is 0 Å². The van der Waals surface area contributed by atoms with Crippen LogP contribution in [0.5, 0.6) is 0 Å². The molecule has 6 heavy (non-hydrogen) atoms. The summed E-state index contributed by atoms with van der Waals surface area (Å²) in [5, 5.41) is 0. The van der Waals surface area contributed by atoms with Gasteiger partial charge in [0.2, 0.25) is 0 Å². The lowest BCUT2D eigenvalue weighted by Crippen LogP contribution is -1.99. The Kier molecular flexibility index (Phi) is 1.45. The molecule has 1 saturated heterocycles. The predicted molar refractivity (Wildman–Crippen MR) is 25.9 cm³/mol. The third kappa shape index (κ3) is 0.929. The lowest BCUT2D eigenvalue weighted by molar-refractivity contribution is -0.00831. The number of rotatable bonds is 0. The second-order valence-corrected chi connectivity index (χ2v) is 1.88. The molecule has 0 bridgehead atoms. The van der Waals surface area contributed by atoms with Gasteiger partial charge < -0.3 is 0 Å². The summed E-state index contributed by atoms with van der Waals surface area (Å²) in [4.78, 5) is 4.85. The van der Waals surface area contributed by atoms with Gasteiger partial charge in [0.25, 0.3) is 0 Å². The van der Waals surface area contributed by atoms with E-state index in [0.29, 0.717) is 0 Å². The van der Waals surface area contributed by atoms with Crippen LogP contribution in [-0.2, 0) is 4.84 Å². The molecule has 0 amide bonds. The third-order valence-corrected chi connectivity index (χ3v) is 1.10. The zero-order valence-corrected chi connectivity index (χ0v) is 4.81. The van der Waals surface area contributed by atoms with E-state index in [1.807, 2.05) is 6.42 Å². The van der Waals surface area contributed by atoms with Gasteiger partial charge in [-0.15, -0.1) is 4.09 Å². The van der Waals surface area contributed by atoms with Crippen LogP contribution in [0.2, 0.25) is 0 Å². The summed E-state index contributed by atoms with van der Waals surface area (Å²) in [7, 11) is 0.